The van der Waals surface area contributed by atoms with Crippen molar-refractivity contribution in [2.45, 2.75) is 19.3 Å². The van der Waals surface area contributed by atoms with Gasteiger partial charge < -0.3 is 14.6 Å². The van der Waals surface area contributed by atoms with Crippen molar-refractivity contribution in [3.05, 3.63) is 59.7 Å². The third-order valence-corrected chi connectivity index (χ3v) is 4.38. The number of hydrogen-bond donors (Lipinski definition) is 1. The molecule has 0 aromatic heterocycles. The van der Waals surface area contributed by atoms with E-state index in [0.29, 0.717) is 24.0 Å². The Morgan fingerprint density at radius 1 is 1.15 bits per heavy atom. The van der Waals surface area contributed by atoms with E-state index in [1.807, 2.05) is 18.2 Å². The molecule has 1 aliphatic rings. The summed E-state index contributed by atoms with van der Waals surface area (Å²) in [5, 5.41) is 9.72. The number of ketones is 2. The second kappa shape index (κ2) is 8.54. The van der Waals surface area contributed by atoms with Crippen LogP contribution in [-0.4, -0.2) is 30.4 Å². The van der Waals surface area contributed by atoms with Crippen LogP contribution in [0.2, 0.25) is 0 Å². The van der Waals surface area contributed by atoms with Crippen molar-refractivity contribution in [1.29, 1.82) is 0 Å². The zero-order chi connectivity index (χ0) is 19.2. The monoisotopic (exact) mass is 366 g/mol. The van der Waals surface area contributed by atoms with E-state index in [1.54, 1.807) is 25.3 Å². The third-order valence-electron chi connectivity index (χ3n) is 4.38. The van der Waals surface area contributed by atoms with Gasteiger partial charge in [-0.3, -0.25) is 9.59 Å². The summed E-state index contributed by atoms with van der Waals surface area (Å²) in [7, 11) is 1.57. The lowest BCUT2D eigenvalue weighted by molar-refractivity contribution is -0.113. The van der Waals surface area contributed by atoms with Crippen LogP contribution in [0.5, 0.6) is 17.2 Å². The molecule has 1 aliphatic carbocycles. The number of allylic oxidation sites excluding steroid dienone is 1. The molecule has 0 radical (unpaired) electrons. The molecule has 140 valence electrons. The molecule has 0 aliphatic heterocycles. The standard InChI is InChI=1S/C22H22O5/c1-26-21-8-4-5-16(22(21)27-14-15-9-10-15)11-12-17(23)13-20(25)18-6-2-3-7-19(18)24/h2-8,11-12,15,24H,9-10,13-14H2,1H3. The summed E-state index contributed by atoms with van der Waals surface area (Å²) in [4.78, 5) is 24.4. The van der Waals surface area contributed by atoms with Gasteiger partial charge in [0.05, 0.1) is 25.7 Å². The molecule has 0 saturated heterocycles. The normalized spacial score (nSPS) is 13.5. The maximum absolute atomic E-state index is 12.2. The Morgan fingerprint density at radius 2 is 1.93 bits per heavy atom. The van der Waals surface area contributed by atoms with E-state index in [0.717, 1.165) is 5.56 Å². The number of methoxy groups -OCH3 is 1. The highest BCUT2D eigenvalue weighted by molar-refractivity contribution is 6.13. The van der Waals surface area contributed by atoms with E-state index in [1.165, 1.54) is 31.1 Å². The van der Waals surface area contributed by atoms with Crippen LogP contribution in [-0.2, 0) is 4.79 Å². The number of phenols is 1. The van der Waals surface area contributed by atoms with E-state index < -0.39 is 5.78 Å². The van der Waals surface area contributed by atoms with Gasteiger partial charge in [0.2, 0.25) is 0 Å². The number of ether oxygens (including phenoxy) is 2. The Morgan fingerprint density at radius 3 is 2.63 bits per heavy atom. The predicted octanol–water partition coefficient (Wildman–Crippen LogP) is 4.04. The number of carbonyl (C=O) groups excluding carboxylic acids is 2. The molecular formula is C22H22O5. The number of para-hydroxylation sites is 2. The van der Waals surface area contributed by atoms with Gasteiger partial charge in [-0.1, -0.05) is 24.3 Å². The highest BCUT2D eigenvalue weighted by atomic mass is 16.5. The minimum atomic E-state index is -0.418. The SMILES string of the molecule is COc1cccc(C=CC(=O)CC(=O)c2ccccc2O)c1OCC1CC1. The van der Waals surface area contributed by atoms with Gasteiger partial charge in [-0.2, -0.15) is 0 Å². The molecule has 27 heavy (non-hydrogen) atoms. The molecule has 5 nitrogen and oxygen atoms in total. The van der Waals surface area contributed by atoms with E-state index in [-0.39, 0.29) is 23.5 Å². The van der Waals surface area contributed by atoms with Crippen LogP contribution < -0.4 is 9.47 Å². The van der Waals surface area contributed by atoms with Crippen LogP contribution >= 0.6 is 0 Å². The van der Waals surface area contributed by atoms with Gasteiger partial charge in [-0.15, -0.1) is 0 Å². The Balaban J connectivity index is 1.70. The lowest BCUT2D eigenvalue weighted by Gasteiger charge is -2.13. The zero-order valence-electron chi connectivity index (χ0n) is 15.2. The van der Waals surface area contributed by atoms with Crippen molar-refractivity contribution >= 4 is 17.6 Å². The van der Waals surface area contributed by atoms with Crippen LogP contribution in [0, 0.1) is 5.92 Å². The summed E-state index contributed by atoms with van der Waals surface area (Å²) >= 11 is 0. The third kappa shape index (κ3) is 4.97. The highest BCUT2D eigenvalue weighted by Gasteiger charge is 2.23. The van der Waals surface area contributed by atoms with Crippen molar-refractivity contribution in [1.82, 2.24) is 0 Å². The molecule has 0 amide bonds. The molecular weight excluding hydrogens is 344 g/mol. The molecule has 5 heteroatoms. The summed E-state index contributed by atoms with van der Waals surface area (Å²) in [6.07, 6.45) is 5.03. The molecule has 0 unspecified atom stereocenters. The number of carbonyl (C=O) groups is 2. The van der Waals surface area contributed by atoms with Crippen molar-refractivity contribution in [3.63, 3.8) is 0 Å². The molecule has 2 aromatic carbocycles. The van der Waals surface area contributed by atoms with Gasteiger partial charge in [0.1, 0.15) is 5.75 Å². The van der Waals surface area contributed by atoms with Crippen molar-refractivity contribution < 1.29 is 24.2 Å². The van der Waals surface area contributed by atoms with Crippen LogP contribution in [0.4, 0.5) is 0 Å². The smallest absolute Gasteiger partial charge is 0.174 e. The van der Waals surface area contributed by atoms with Gasteiger partial charge in [-0.05, 0) is 49.1 Å². The number of rotatable bonds is 9. The van der Waals surface area contributed by atoms with Crippen LogP contribution in [0.15, 0.2) is 48.5 Å². The molecule has 1 saturated carbocycles. The minimum Gasteiger partial charge on any atom is -0.507 e. The second-order valence-corrected chi connectivity index (χ2v) is 6.55. The lowest BCUT2D eigenvalue weighted by Crippen LogP contribution is -2.06. The maximum atomic E-state index is 12.2. The zero-order valence-corrected chi connectivity index (χ0v) is 15.2. The first-order chi connectivity index (χ1) is 13.1. The van der Waals surface area contributed by atoms with Gasteiger partial charge in [0.15, 0.2) is 23.1 Å². The summed E-state index contributed by atoms with van der Waals surface area (Å²) in [6.45, 7) is 0.626. The molecule has 0 spiro atoms. The number of hydrogen-bond acceptors (Lipinski definition) is 5. The van der Waals surface area contributed by atoms with Crippen molar-refractivity contribution in [2.24, 2.45) is 5.92 Å². The Bertz CT molecular complexity index is 865. The molecule has 1 fully saturated rings. The first-order valence-electron chi connectivity index (χ1n) is 8.90. The molecule has 1 N–H and O–H groups in total. The Kier molecular flexibility index (Phi) is 5.91. The first-order valence-corrected chi connectivity index (χ1v) is 8.90. The van der Waals surface area contributed by atoms with Gasteiger partial charge in [0.25, 0.3) is 0 Å². The van der Waals surface area contributed by atoms with E-state index >= 15 is 0 Å². The average Bonchev–Trinajstić information content (AvgIpc) is 3.49. The average molecular weight is 366 g/mol. The number of benzene rings is 2. The van der Waals surface area contributed by atoms with E-state index in [2.05, 4.69) is 0 Å². The first kappa shape index (κ1) is 18.7. The summed E-state index contributed by atoms with van der Waals surface area (Å²) in [6, 6.07) is 11.7. The molecule has 0 bridgehead atoms. The van der Waals surface area contributed by atoms with E-state index in [4.69, 9.17) is 9.47 Å². The summed E-state index contributed by atoms with van der Waals surface area (Å²) in [5.74, 6) is 0.906. The largest absolute Gasteiger partial charge is 0.507 e. The molecule has 0 atom stereocenters. The highest BCUT2D eigenvalue weighted by Crippen LogP contribution is 2.35. The number of aromatic hydroxyl groups is 1. The summed E-state index contributed by atoms with van der Waals surface area (Å²) in [5.41, 5.74) is 0.868. The van der Waals surface area contributed by atoms with E-state index in [9.17, 15) is 14.7 Å². The van der Waals surface area contributed by atoms with Gasteiger partial charge >= 0.3 is 0 Å². The van der Waals surface area contributed by atoms with Gasteiger partial charge in [0, 0.05) is 5.56 Å². The van der Waals surface area contributed by atoms with Crippen LogP contribution in [0.1, 0.15) is 35.2 Å². The predicted molar refractivity (Wildman–Crippen MR) is 102 cm³/mol. The van der Waals surface area contributed by atoms with Crippen molar-refractivity contribution in [3.8, 4) is 17.2 Å². The molecule has 3 rings (SSSR count). The number of phenolic OH excluding ortho intramolecular Hbond substituents is 1. The Labute approximate surface area is 158 Å². The fourth-order valence-corrected chi connectivity index (χ4v) is 2.67. The molecule has 0 heterocycles. The topological polar surface area (TPSA) is 72.8 Å². The fraction of sp³-hybridized carbons (Fsp3) is 0.273. The summed E-state index contributed by atoms with van der Waals surface area (Å²) < 4.78 is 11.2. The maximum Gasteiger partial charge on any atom is 0.174 e. The quantitative estimate of drug-likeness (QED) is 0.412. The second-order valence-electron chi connectivity index (χ2n) is 6.55. The lowest BCUT2D eigenvalue weighted by atomic mass is 10.0. The van der Waals surface area contributed by atoms with Crippen LogP contribution in [0.3, 0.4) is 0 Å². The van der Waals surface area contributed by atoms with Crippen LogP contribution in [0.25, 0.3) is 6.08 Å². The Hall–Kier alpha value is -3.08. The van der Waals surface area contributed by atoms with Crippen molar-refractivity contribution in [2.75, 3.05) is 13.7 Å². The number of Topliss-reactive ketones (excluding diaryl/α,β-unsaturated/α-hetero) is 1. The van der Waals surface area contributed by atoms with Gasteiger partial charge in [-0.25, -0.2) is 0 Å². The minimum absolute atomic E-state index is 0.122. The molecule has 2 aromatic rings. The fourth-order valence-electron chi connectivity index (χ4n) is 2.67.